The van der Waals surface area contributed by atoms with E-state index in [4.69, 9.17) is 23.2 Å². The molecule has 0 aliphatic rings. The van der Waals surface area contributed by atoms with Crippen molar-refractivity contribution in [1.82, 2.24) is 14.3 Å². The molecule has 3 rings (SSSR count). The Hall–Kier alpha value is -2.19. The van der Waals surface area contributed by atoms with Crippen LogP contribution in [0, 0.1) is 0 Å². The predicted octanol–water partition coefficient (Wildman–Crippen LogP) is 3.65. The topological polar surface area (TPSA) is 76.0 Å². The first kappa shape index (κ1) is 19.6. The number of carbonyl (C=O) groups excluding carboxylic acids is 1. The Morgan fingerprint density at radius 2 is 1.67 bits per heavy atom. The van der Waals surface area contributed by atoms with Crippen LogP contribution in [-0.2, 0) is 13.1 Å². The van der Waals surface area contributed by atoms with Crippen LogP contribution in [0.1, 0.15) is 15.9 Å². The highest BCUT2D eigenvalue weighted by Gasteiger charge is 2.11. The fraction of sp³-hybridized carbons (Fsp3) is 0.167. The van der Waals surface area contributed by atoms with E-state index in [1.165, 1.54) is 3.96 Å². The minimum Gasteiger partial charge on any atom is -0.311 e. The smallest absolute Gasteiger partial charge is 0.311 e. The van der Waals surface area contributed by atoms with Crippen molar-refractivity contribution in [2.24, 2.45) is 0 Å². The number of amides is 1. The van der Waals surface area contributed by atoms with Crippen LogP contribution in [0.2, 0.25) is 10.0 Å². The summed E-state index contributed by atoms with van der Waals surface area (Å²) in [7, 11) is 0. The van der Waals surface area contributed by atoms with Crippen molar-refractivity contribution < 1.29 is 4.79 Å². The van der Waals surface area contributed by atoms with Crippen molar-refractivity contribution in [3.63, 3.8) is 0 Å². The summed E-state index contributed by atoms with van der Waals surface area (Å²) < 4.78 is 1.49. The number of benzene rings is 2. The highest BCUT2D eigenvalue weighted by Crippen LogP contribution is 2.13. The van der Waals surface area contributed by atoms with E-state index in [-0.39, 0.29) is 16.7 Å². The Morgan fingerprint density at radius 3 is 2.33 bits per heavy atom. The quantitative estimate of drug-likeness (QED) is 0.569. The highest BCUT2D eigenvalue weighted by molar-refractivity contribution is 7.10. The first-order valence-electron chi connectivity index (χ1n) is 8.11. The molecule has 0 spiro atoms. The van der Waals surface area contributed by atoms with Gasteiger partial charge >= 0.3 is 5.69 Å². The average Bonchev–Trinajstić information content (AvgIpc) is 3.00. The largest absolute Gasteiger partial charge is 0.359 e. The molecular weight excluding hydrogens is 407 g/mol. The lowest BCUT2D eigenvalue weighted by atomic mass is 10.2. The summed E-state index contributed by atoms with van der Waals surface area (Å²) in [5.74, 6) is -0.339. The zero-order chi connectivity index (χ0) is 19.2. The Labute approximate surface area is 169 Å². The monoisotopic (exact) mass is 422 g/mol. The molecule has 0 atom stereocenters. The Bertz CT molecular complexity index is 968. The second kappa shape index (κ2) is 9.14. The van der Waals surface area contributed by atoms with Crippen LogP contribution in [0.25, 0.3) is 0 Å². The molecule has 6 nitrogen and oxygen atoms in total. The summed E-state index contributed by atoms with van der Waals surface area (Å²) >= 11 is 12.8. The Morgan fingerprint density at radius 1 is 1.04 bits per heavy atom. The van der Waals surface area contributed by atoms with E-state index in [2.05, 4.69) is 15.6 Å². The van der Waals surface area contributed by atoms with Crippen molar-refractivity contribution in [3.05, 3.63) is 80.2 Å². The van der Waals surface area contributed by atoms with Gasteiger partial charge in [0.2, 0.25) is 5.13 Å². The number of carbonyl (C=O) groups is 1. The molecule has 0 fully saturated rings. The number of anilines is 1. The molecule has 2 N–H and O–H groups in total. The van der Waals surface area contributed by atoms with E-state index in [9.17, 15) is 9.59 Å². The number of nitrogens with one attached hydrogen (secondary N) is 2. The summed E-state index contributed by atoms with van der Waals surface area (Å²) in [6, 6.07) is 14.0. The molecule has 1 aromatic heterocycles. The maximum absolute atomic E-state index is 12.2. The number of aromatic nitrogens is 2. The third-order valence-corrected chi connectivity index (χ3v) is 5.10. The number of hydrogen-bond donors (Lipinski definition) is 2. The molecule has 2 aromatic carbocycles. The molecule has 0 radical (unpaired) electrons. The van der Waals surface area contributed by atoms with Crippen LogP contribution in [0.5, 0.6) is 0 Å². The highest BCUT2D eigenvalue weighted by atomic mass is 35.5. The van der Waals surface area contributed by atoms with Gasteiger partial charge in [-0.25, -0.2) is 8.75 Å². The zero-order valence-electron chi connectivity index (χ0n) is 14.1. The van der Waals surface area contributed by atoms with Gasteiger partial charge in [-0.15, -0.1) is 0 Å². The van der Waals surface area contributed by atoms with Crippen LogP contribution in [0.15, 0.2) is 53.3 Å². The first-order chi connectivity index (χ1) is 13.0. The predicted molar refractivity (Wildman–Crippen MR) is 109 cm³/mol. The maximum atomic E-state index is 12.2. The van der Waals surface area contributed by atoms with E-state index in [1.807, 2.05) is 24.3 Å². The Kier molecular flexibility index (Phi) is 6.63. The van der Waals surface area contributed by atoms with E-state index >= 15 is 0 Å². The van der Waals surface area contributed by atoms with Crippen LogP contribution >= 0.6 is 34.7 Å². The summed E-state index contributed by atoms with van der Waals surface area (Å²) in [4.78, 5) is 28.0. The summed E-state index contributed by atoms with van der Waals surface area (Å²) in [5.41, 5.74) is 1.16. The van der Waals surface area contributed by atoms with Gasteiger partial charge in [0.15, 0.2) is 0 Å². The molecule has 3 aromatic rings. The fourth-order valence-corrected chi connectivity index (χ4v) is 3.30. The molecule has 140 valence electrons. The molecular formula is C18H16Cl2N4O2S. The molecule has 0 aliphatic heterocycles. The number of halogens is 2. The zero-order valence-corrected chi connectivity index (χ0v) is 16.4. The van der Waals surface area contributed by atoms with E-state index in [0.717, 1.165) is 17.1 Å². The molecule has 9 heteroatoms. The van der Waals surface area contributed by atoms with Gasteiger partial charge in [-0.1, -0.05) is 35.3 Å². The van der Waals surface area contributed by atoms with E-state index in [1.54, 1.807) is 24.3 Å². The summed E-state index contributed by atoms with van der Waals surface area (Å²) in [6.07, 6.45) is 0. The van der Waals surface area contributed by atoms with Crippen molar-refractivity contribution in [2.75, 3.05) is 11.9 Å². The molecule has 27 heavy (non-hydrogen) atoms. The van der Waals surface area contributed by atoms with Crippen LogP contribution in [0.4, 0.5) is 5.13 Å². The molecule has 1 amide bonds. The van der Waals surface area contributed by atoms with Gasteiger partial charge < -0.3 is 5.32 Å². The fourth-order valence-electron chi connectivity index (χ4n) is 2.28. The lowest BCUT2D eigenvalue weighted by Crippen LogP contribution is -2.24. The number of nitrogens with zero attached hydrogens (tertiary/aromatic N) is 2. The molecule has 0 aliphatic carbocycles. The standard InChI is InChI=1S/C18H16Cl2N4O2S/c19-14-5-1-12(2-6-14)11-21-9-10-24-18(26)23-17(27-24)22-16(25)13-3-7-15(20)8-4-13/h1-8,21H,9-11H2,(H,22,23,25,26). The summed E-state index contributed by atoms with van der Waals surface area (Å²) in [6.45, 7) is 1.72. The third-order valence-electron chi connectivity index (χ3n) is 3.67. The van der Waals surface area contributed by atoms with Gasteiger partial charge in [0.05, 0.1) is 6.54 Å². The van der Waals surface area contributed by atoms with Gasteiger partial charge in [0.1, 0.15) is 0 Å². The minimum absolute atomic E-state index is 0.262. The lowest BCUT2D eigenvalue weighted by Gasteiger charge is -2.05. The molecule has 0 bridgehead atoms. The summed E-state index contributed by atoms with van der Waals surface area (Å²) in [5, 5.41) is 7.39. The second-order valence-corrected chi connectivity index (χ2v) is 7.54. The number of hydrogen-bond acceptors (Lipinski definition) is 5. The van der Waals surface area contributed by atoms with Gasteiger partial charge in [0, 0.05) is 28.7 Å². The minimum atomic E-state index is -0.389. The van der Waals surface area contributed by atoms with Crippen molar-refractivity contribution >= 4 is 45.8 Å². The molecule has 0 unspecified atom stereocenters. The van der Waals surface area contributed by atoms with Gasteiger partial charge in [0.25, 0.3) is 5.91 Å². The third kappa shape index (κ3) is 5.64. The Balaban J connectivity index is 1.51. The van der Waals surface area contributed by atoms with Crippen LogP contribution < -0.4 is 16.3 Å². The average molecular weight is 423 g/mol. The van der Waals surface area contributed by atoms with Gasteiger partial charge in [-0.05, 0) is 53.5 Å². The number of rotatable bonds is 7. The SMILES string of the molecule is O=C(Nc1nc(=O)n(CCNCc2ccc(Cl)cc2)s1)c1ccc(Cl)cc1. The first-order valence-corrected chi connectivity index (χ1v) is 9.64. The maximum Gasteiger partial charge on any atom is 0.359 e. The van der Waals surface area contributed by atoms with Crippen molar-refractivity contribution in [3.8, 4) is 0 Å². The normalized spacial score (nSPS) is 10.7. The van der Waals surface area contributed by atoms with Gasteiger partial charge in [-0.2, -0.15) is 4.98 Å². The molecule has 0 saturated carbocycles. The van der Waals surface area contributed by atoms with E-state index < -0.39 is 0 Å². The van der Waals surface area contributed by atoms with Crippen molar-refractivity contribution in [2.45, 2.75) is 13.1 Å². The second-order valence-electron chi connectivity index (χ2n) is 5.66. The van der Waals surface area contributed by atoms with Crippen molar-refractivity contribution in [1.29, 1.82) is 0 Å². The van der Waals surface area contributed by atoms with Gasteiger partial charge in [-0.3, -0.25) is 10.1 Å². The lowest BCUT2D eigenvalue weighted by molar-refractivity contribution is 0.102. The molecule has 1 heterocycles. The van der Waals surface area contributed by atoms with E-state index in [0.29, 0.717) is 35.2 Å². The molecule has 0 saturated heterocycles. The van der Waals surface area contributed by atoms with Crippen LogP contribution in [-0.4, -0.2) is 21.4 Å². The van der Waals surface area contributed by atoms with Crippen LogP contribution in [0.3, 0.4) is 0 Å².